The van der Waals surface area contributed by atoms with Crippen LogP contribution in [-0.4, -0.2) is 12.2 Å². The molecule has 0 aliphatic carbocycles. The zero-order chi connectivity index (χ0) is 9.68. The van der Waals surface area contributed by atoms with E-state index in [4.69, 9.17) is 9.84 Å². The van der Waals surface area contributed by atoms with E-state index in [1.54, 1.807) is 7.11 Å². The maximum absolute atomic E-state index is 9.04. The molecule has 1 aromatic rings. The summed E-state index contributed by atoms with van der Waals surface area (Å²) in [5, 5.41) is 9.04. The van der Waals surface area contributed by atoms with Crippen molar-refractivity contribution in [3.63, 3.8) is 0 Å². The number of hydrogen-bond donors (Lipinski definition) is 1. The van der Waals surface area contributed by atoms with Gasteiger partial charge in [0.1, 0.15) is 5.75 Å². The van der Waals surface area contributed by atoms with Crippen molar-refractivity contribution in [2.45, 2.75) is 13.5 Å². The highest BCUT2D eigenvalue weighted by molar-refractivity contribution is 5.52. The Bertz CT molecular complexity index is 303. The van der Waals surface area contributed by atoms with Crippen molar-refractivity contribution in [2.24, 2.45) is 0 Å². The van der Waals surface area contributed by atoms with Crippen molar-refractivity contribution in [3.05, 3.63) is 35.4 Å². The molecule has 13 heavy (non-hydrogen) atoms. The number of aliphatic hydroxyl groups excluding tert-OH is 1. The van der Waals surface area contributed by atoms with E-state index in [0.717, 1.165) is 16.9 Å². The van der Waals surface area contributed by atoms with Crippen molar-refractivity contribution in [1.29, 1.82) is 0 Å². The van der Waals surface area contributed by atoms with Crippen molar-refractivity contribution in [2.75, 3.05) is 7.11 Å². The Balaban J connectivity index is 3.05. The molecule has 1 rings (SSSR count). The third-order valence-corrected chi connectivity index (χ3v) is 1.83. The summed E-state index contributed by atoms with van der Waals surface area (Å²) >= 11 is 0. The first-order valence-electron chi connectivity index (χ1n) is 4.22. The summed E-state index contributed by atoms with van der Waals surface area (Å²) in [7, 11) is 1.60. The van der Waals surface area contributed by atoms with Crippen molar-refractivity contribution < 1.29 is 9.84 Å². The maximum Gasteiger partial charge on any atom is 0.124 e. The molecule has 1 N–H and O–H groups in total. The van der Waals surface area contributed by atoms with E-state index in [-0.39, 0.29) is 6.61 Å². The number of rotatable bonds is 3. The standard InChI is InChI=1S/C11H14O2/c1-3-4-9-5-6-11(13-2)10(7-9)8-12/h3-7,12H,8H2,1-2H3/b4-3+. The van der Waals surface area contributed by atoms with Gasteiger partial charge in [0.2, 0.25) is 0 Å². The van der Waals surface area contributed by atoms with Gasteiger partial charge in [0.25, 0.3) is 0 Å². The largest absolute Gasteiger partial charge is 0.496 e. The number of allylic oxidation sites excluding steroid dienone is 1. The maximum atomic E-state index is 9.04. The lowest BCUT2D eigenvalue weighted by molar-refractivity contribution is 0.274. The Kier molecular flexibility index (Phi) is 3.53. The number of ether oxygens (including phenoxy) is 1. The molecule has 0 saturated carbocycles. The van der Waals surface area contributed by atoms with E-state index in [2.05, 4.69) is 0 Å². The first kappa shape index (κ1) is 9.81. The van der Waals surface area contributed by atoms with Crippen LogP contribution in [0, 0.1) is 0 Å². The SMILES string of the molecule is C/C=C/c1ccc(OC)c(CO)c1. The third-order valence-electron chi connectivity index (χ3n) is 1.83. The Hall–Kier alpha value is -1.28. The summed E-state index contributed by atoms with van der Waals surface area (Å²) in [6, 6.07) is 5.73. The lowest BCUT2D eigenvalue weighted by Crippen LogP contribution is -1.91. The Labute approximate surface area is 78.5 Å². The van der Waals surface area contributed by atoms with Crippen LogP contribution < -0.4 is 4.74 Å². The van der Waals surface area contributed by atoms with Crippen LogP contribution in [0.25, 0.3) is 6.08 Å². The Morgan fingerprint density at radius 2 is 2.23 bits per heavy atom. The molecular weight excluding hydrogens is 164 g/mol. The molecule has 0 radical (unpaired) electrons. The lowest BCUT2D eigenvalue weighted by atomic mass is 10.1. The highest BCUT2D eigenvalue weighted by Gasteiger charge is 2.00. The average Bonchev–Trinajstić information content (AvgIpc) is 2.18. The molecule has 0 amide bonds. The molecule has 0 aliphatic rings. The van der Waals surface area contributed by atoms with E-state index >= 15 is 0 Å². The first-order valence-corrected chi connectivity index (χ1v) is 4.22. The smallest absolute Gasteiger partial charge is 0.124 e. The van der Waals surface area contributed by atoms with Crippen LogP contribution in [0.2, 0.25) is 0 Å². The average molecular weight is 178 g/mol. The molecule has 0 aromatic heterocycles. The number of methoxy groups -OCH3 is 1. The van der Waals surface area contributed by atoms with Crippen molar-refractivity contribution in [3.8, 4) is 5.75 Å². The topological polar surface area (TPSA) is 29.5 Å². The molecular formula is C11H14O2. The fourth-order valence-corrected chi connectivity index (χ4v) is 1.22. The minimum atomic E-state index is 0.00850. The van der Waals surface area contributed by atoms with Crippen LogP contribution >= 0.6 is 0 Å². The predicted molar refractivity (Wildman–Crippen MR) is 53.6 cm³/mol. The first-order chi connectivity index (χ1) is 6.31. The normalized spacial score (nSPS) is 10.7. The molecule has 0 aliphatic heterocycles. The van der Waals surface area contributed by atoms with E-state index < -0.39 is 0 Å². The summed E-state index contributed by atoms with van der Waals surface area (Å²) in [6.45, 7) is 1.97. The summed E-state index contributed by atoms with van der Waals surface area (Å²) in [5.41, 5.74) is 1.89. The van der Waals surface area contributed by atoms with E-state index in [9.17, 15) is 0 Å². The summed E-state index contributed by atoms with van der Waals surface area (Å²) in [4.78, 5) is 0. The number of hydrogen-bond acceptors (Lipinski definition) is 2. The molecule has 2 heteroatoms. The zero-order valence-corrected chi connectivity index (χ0v) is 7.95. The quantitative estimate of drug-likeness (QED) is 0.769. The van der Waals surface area contributed by atoms with Crippen LogP contribution in [0.15, 0.2) is 24.3 Å². The molecule has 70 valence electrons. The van der Waals surface area contributed by atoms with Crippen molar-refractivity contribution >= 4 is 6.08 Å². The van der Waals surface area contributed by atoms with Gasteiger partial charge in [0.05, 0.1) is 13.7 Å². The van der Waals surface area contributed by atoms with Crippen molar-refractivity contribution in [1.82, 2.24) is 0 Å². The number of benzene rings is 1. The molecule has 1 aromatic carbocycles. The fraction of sp³-hybridized carbons (Fsp3) is 0.273. The summed E-state index contributed by atoms with van der Waals surface area (Å²) < 4.78 is 5.09. The number of aliphatic hydroxyl groups is 1. The van der Waals surface area contributed by atoms with Gasteiger partial charge in [-0.1, -0.05) is 18.2 Å². The van der Waals surface area contributed by atoms with Gasteiger partial charge in [-0.3, -0.25) is 0 Å². The van der Waals surface area contributed by atoms with Gasteiger partial charge >= 0.3 is 0 Å². The minimum Gasteiger partial charge on any atom is -0.496 e. The Morgan fingerprint density at radius 1 is 1.46 bits per heavy atom. The van der Waals surface area contributed by atoms with Crippen LogP contribution in [0.1, 0.15) is 18.1 Å². The van der Waals surface area contributed by atoms with Gasteiger partial charge in [0.15, 0.2) is 0 Å². The molecule has 0 unspecified atom stereocenters. The van der Waals surface area contributed by atoms with Gasteiger partial charge in [0, 0.05) is 5.56 Å². The van der Waals surface area contributed by atoms with Crippen LogP contribution in [0.5, 0.6) is 5.75 Å². The van der Waals surface area contributed by atoms with Gasteiger partial charge in [-0.2, -0.15) is 0 Å². The second-order valence-corrected chi connectivity index (χ2v) is 2.73. The second-order valence-electron chi connectivity index (χ2n) is 2.73. The molecule has 0 saturated heterocycles. The zero-order valence-electron chi connectivity index (χ0n) is 7.95. The highest BCUT2D eigenvalue weighted by atomic mass is 16.5. The second kappa shape index (κ2) is 4.67. The lowest BCUT2D eigenvalue weighted by Gasteiger charge is -2.06. The molecule has 0 spiro atoms. The summed E-state index contributed by atoms with van der Waals surface area (Å²) in [5.74, 6) is 0.732. The highest BCUT2D eigenvalue weighted by Crippen LogP contribution is 2.20. The minimum absolute atomic E-state index is 0.00850. The molecule has 0 fully saturated rings. The predicted octanol–water partition coefficient (Wildman–Crippen LogP) is 2.22. The van der Waals surface area contributed by atoms with E-state index in [1.165, 1.54) is 0 Å². The van der Waals surface area contributed by atoms with E-state index in [1.807, 2.05) is 37.3 Å². The van der Waals surface area contributed by atoms with Crippen LogP contribution in [0.4, 0.5) is 0 Å². The monoisotopic (exact) mass is 178 g/mol. The van der Waals surface area contributed by atoms with Crippen LogP contribution in [-0.2, 0) is 6.61 Å². The van der Waals surface area contributed by atoms with Crippen LogP contribution in [0.3, 0.4) is 0 Å². The van der Waals surface area contributed by atoms with Gasteiger partial charge in [-0.05, 0) is 24.6 Å². The summed E-state index contributed by atoms with van der Waals surface area (Å²) in [6.07, 6.45) is 3.95. The molecule has 0 bridgehead atoms. The molecule has 0 atom stereocenters. The Morgan fingerprint density at radius 3 is 2.77 bits per heavy atom. The molecule has 2 nitrogen and oxygen atoms in total. The van der Waals surface area contributed by atoms with E-state index in [0.29, 0.717) is 0 Å². The van der Waals surface area contributed by atoms with Gasteiger partial charge in [-0.15, -0.1) is 0 Å². The molecule has 0 heterocycles. The van der Waals surface area contributed by atoms with Gasteiger partial charge < -0.3 is 9.84 Å². The third kappa shape index (κ3) is 2.33. The van der Waals surface area contributed by atoms with Gasteiger partial charge in [-0.25, -0.2) is 0 Å². The fourth-order valence-electron chi connectivity index (χ4n) is 1.22.